The molecular weight excluding hydrogens is 232 g/mol. The highest BCUT2D eigenvalue weighted by Gasteiger charge is 2.37. The SMILES string of the molecule is CC.CC(C)C1(C)CCCc2ccc(N)c(C#N)c21. The maximum atomic E-state index is 9.36. The fourth-order valence-corrected chi connectivity index (χ4v) is 2.99. The Morgan fingerprint density at radius 1 is 1.32 bits per heavy atom. The molecule has 1 aromatic rings. The van der Waals surface area contributed by atoms with Gasteiger partial charge in [0.05, 0.1) is 5.56 Å². The number of hydrogen-bond donors (Lipinski definition) is 1. The summed E-state index contributed by atoms with van der Waals surface area (Å²) in [7, 11) is 0. The third kappa shape index (κ3) is 2.61. The van der Waals surface area contributed by atoms with Crippen LogP contribution in [0.25, 0.3) is 0 Å². The van der Waals surface area contributed by atoms with Gasteiger partial charge in [0.15, 0.2) is 0 Å². The van der Waals surface area contributed by atoms with Crippen LogP contribution in [0.3, 0.4) is 0 Å². The summed E-state index contributed by atoms with van der Waals surface area (Å²) in [5.41, 5.74) is 9.90. The van der Waals surface area contributed by atoms with Crippen molar-refractivity contribution in [3.05, 3.63) is 28.8 Å². The molecule has 0 fully saturated rings. The summed E-state index contributed by atoms with van der Waals surface area (Å²) in [4.78, 5) is 0. The Morgan fingerprint density at radius 3 is 2.47 bits per heavy atom. The van der Waals surface area contributed by atoms with E-state index in [4.69, 9.17) is 5.73 Å². The van der Waals surface area contributed by atoms with Crippen LogP contribution in [0, 0.1) is 17.2 Å². The van der Waals surface area contributed by atoms with Gasteiger partial charge in [-0.05, 0) is 47.8 Å². The van der Waals surface area contributed by atoms with Crippen LogP contribution in [0.1, 0.15) is 64.2 Å². The Bertz CT molecular complexity index is 483. The van der Waals surface area contributed by atoms with Crippen LogP contribution in [-0.4, -0.2) is 0 Å². The summed E-state index contributed by atoms with van der Waals surface area (Å²) >= 11 is 0. The van der Waals surface area contributed by atoms with E-state index in [9.17, 15) is 5.26 Å². The number of nitrogens with zero attached hydrogens (tertiary/aromatic N) is 1. The van der Waals surface area contributed by atoms with E-state index in [0.717, 1.165) is 12.8 Å². The van der Waals surface area contributed by atoms with Crippen LogP contribution >= 0.6 is 0 Å². The molecular formula is C17H26N2. The number of nitrogens with two attached hydrogens (primary N) is 1. The Labute approximate surface area is 117 Å². The molecule has 1 aliphatic rings. The topological polar surface area (TPSA) is 49.8 Å². The molecule has 1 unspecified atom stereocenters. The molecule has 2 rings (SSSR count). The number of benzene rings is 1. The van der Waals surface area contributed by atoms with Gasteiger partial charge in [-0.3, -0.25) is 0 Å². The molecule has 2 heteroatoms. The van der Waals surface area contributed by atoms with Crippen LogP contribution < -0.4 is 5.73 Å². The smallest absolute Gasteiger partial charge is 0.102 e. The highest BCUT2D eigenvalue weighted by Crippen LogP contribution is 2.45. The first-order chi connectivity index (χ1) is 9.00. The summed E-state index contributed by atoms with van der Waals surface area (Å²) in [5.74, 6) is 0.524. The number of fused-ring (bicyclic) bond motifs is 1. The zero-order valence-electron chi connectivity index (χ0n) is 12.9. The predicted molar refractivity (Wildman–Crippen MR) is 82.0 cm³/mol. The molecule has 1 aliphatic carbocycles. The van der Waals surface area contributed by atoms with Crippen molar-refractivity contribution < 1.29 is 0 Å². The summed E-state index contributed by atoms with van der Waals surface area (Å²) in [6, 6.07) is 6.29. The molecule has 0 aromatic heterocycles. The summed E-state index contributed by atoms with van der Waals surface area (Å²) in [6.45, 7) is 10.7. The van der Waals surface area contributed by atoms with Gasteiger partial charge in [-0.25, -0.2) is 0 Å². The molecule has 0 spiro atoms. The van der Waals surface area contributed by atoms with Crippen molar-refractivity contribution >= 4 is 5.69 Å². The van der Waals surface area contributed by atoms with Gasteiger partial charge in [-0.15, -0.1) is 0 Å². The van der Waals surface area contributed by atoms with Crippen molar-refractivity contribution in [3.8, 4) is 6.07 Å². The summed E-state index contributed by atoms with van der Waals surface area (Å²) < 4.78 is 0. The normalized spacial score (nSPS) is 21.1. The molecule has 104 valence electrons. The van der Waals surface area contributed by atoms with E-state index in [1.807, 2.05) is 19.9 Å². The van der Waals surface area contributed by atoms with Gasteiger partial charge in [0, 0.05) is 5.69 Å². The van der Waals surface area contributed by atoms with E-state index in [1.54, 1.807) is 0 Å². The Kier molecular flexibility index (Phi) is 5.00. The molecule has 1 atom stereocenters. The van der Waals surface area contributed by atoms with Crippen molar-refractivity contribution in [3.63, 3.8) is 0 Å². The lowest BCUT2D eigenvalue weighted by atomic mass is 9.64. The molecule has 0 amide bonds. The lowest BCUT2D eigenvalue weighted by Gasteiger charge is -2.40. The zero-order chi connectivity index (χ0) is 14.6. The van der Waals surface area contributed by atoms with Crippen molar-refractivity contribution in [1.29, 1.82) is 5.26 Å². The quantitative estimate of drug-likeness (QED) is 0.758. The second-order valence-corrected chi connectivity index (χ2v) is 5.60. The fraction of sp³-hybridized carbons (Fsp3) is 0.588. The summed E-state index contributed by atoms with van der Waals surface area (Å²) in [6.07, 6.45) is 3.43. The lowest BCUT2D eigenvalue weighted by Crippen LogP contribution is -2.34. The van der Waals surface area contributed by atoms with Crippen LogP contribution in [-0.2, 0) is 11.8 Å². The minimum Gasteiger partial charge on any atom is -0.398 e. The average Bonchev–Trinajstić information content (AvgIpc) is 2.41. The summed E-state index contributed by atoms with van der Waals surface area (Å²) in [5, 5.41) is 9.36. The molecule has 1 aromatic carbocycles. The van der Waals surface area contributed by atoms with Gasteiger partial charge in [0.1, 0.15) is 6.07 Å². The molecule has 2 N–H and O–H groups in total. The van der Waals surface area contributed by atoms with E-state index in [1.165, 1.54) is 17.5 Å². The van der Waals surface area contributed by atoms with Crippen LogP contribution in [0.4, 0.5) is 5.69 Å². The molecule has 2 nitrogen and oxygen atoms in total. The molecule has 0 heterocycles. The number of anilines is 1. The van der Waals surface area contributed by atoms with E-state index >= 15 is 0 Å². The fourth-order valence-electron chi connectivity index (χ4n) is 2.99. The van der Waals surface area contributed by atoms with E-state index < -0.39 is 0 Å². The zero-order valence-corrected chi connectivity index (χ0v) is 12.9. The van der Waals surface area contributed by atoms with Crippen molar-refractivity contribution in [2.75, 3.05) is 5.73 Å². The van der Waals surface area contributed by atoms with Gasteiger partial charge in [0.2, 0.25) is 0 Å². The maximum absolute atomic E-state index is 9.36. The van der Waals surface area contributed by atoms with Gasteiger partial charge in [-0.1, -0.05) is 40.7 Å². The van der Waals surface area contributed by atoms with E-state index in [-0.39, 0.29) is 5.41 Å². The third-order valence-corrected chi connectivity index (χ3v) is 4.42. The Hall–Kier alpha value is -1.49. The molecule has 19 heavy (non-hydrogen) atoms. The highest BCUT2D eigenvalue weighted by molar-refractivity contribution is 5.63. The average molecular weight is 258 g/mol. The van der Waals surface area contributed by atoms with Gasteiger partial charge in [0.25, 0.3) is 0 Å². The predicted octanol–water partition coefficient (Wildman–Crippen LogP) is 4.42. The van der Waals surface area contributed by atoms with Crippen molar-refractivity contribution in [1.82, 2.24) is 0 Å². The minimum atomic E-state index is 0.0913. The van der Waals surface area contributed by atoms with Crippen molar-refractivity contribution in [2.45, 2.75) is 59.3 Å². The number of nitriles is 1. The maximum Gasteiger partial charge on any atom is 0.102 e. The second-order valence-electron chi connectivity index (χ2n) is 5.60. The van der Waals surface area contributed by atoms with E-state index in [0.29, 0.717) is 17.2 Å². The van der Waals surface area contributed by atoms with Gasteiger partial charge in [-0.2, -0.15) is 5.26 Å². The van der Waals surface area contributed by atoms with Gasteiger partial charge >= 0.3 is 0 Å². The number of nitrogen functional groups attached to an aromatic ring is 1. The Balaban J connectivity index is 0.000000861. The number of aryl methyl sites for hydroxylation is 1. The number of hydrogen-bond acceptors (Lipinski definition) is 2. The standard InChI is InChI=1S/C15H20N2.C2H6/c1-10(2)15(3)8-4-5-11-6-7-13(17)12(9-16)14(11)15;1-2/h6-7,10H,4-5,8,17H2,1-3H3;1-2H3. The lowest BCUT2D eigenvalue weighted by molar-refractivity contribution is 0.290. The molecule has 0 bridgehead atoms. The first kappa shape index (κ1) is 15.6. The highest BCUT2D eigenvalue weighted by atomic mass is 14.6. The molecule has 0 radical (unpaired) electrons. The van der Waals surface area contributed by atoms with Gasteiger partial charge < -0.3 is 5.73 Å². The van der Waals surface area contributed by atoms with Crippen LogP contribution in [0.2, 0.25) is 0 Å². The van der Waals surface area contributed by atoms with Crippen LogP contribution in [0.5, 0.6) is 0 Å². The van der Waals surface area contributed by atoms with Crippen molar-refractivity contribution in [2.24, 2.45) is 5.92 Å². The monoisotopic (exact) mass is 258 g/mol. The number of rotatable bonds is 1. The van der Waals surface area contributed by atoms with E-state index in [2.05, 4.69) is 32.9 Å². The molecule has 0 saturated heterocycles. The Morgan fingerprint density at radius 2 is 1.95 bits per heavy atom. The largest absolute Gasteiger partial charge is 0.398 e. The second kappa shape index (κ2) is 6.10. The third-order valence-electron chi connectivity index (χ3n) is 4.42. The van der Waals surface area contributed by atoms with Crippen LogP contribution in [0.15, 0.2) is 12.1 Å². The first-order valence-corrected chi connectivity index (χ1v) is 7.32. The minimum absolute atomic E-state index is 0.0913. The first-order valence-electron chi connectivity index (χ1n) is 7.32. The molecule has 0 aliphatic heterocycles. The molecule has 0 saturated carbocycles.